The second kappa shape index (κ2) is 5.27. The van der Waals surface area contributed by atoms with Crippen molar-refractivity contribution in [2.45, 2.75) is 19.9 Å². The molecule has 1 aliphatic heterocycles. The SMILES string of the molecule is CCN1CCN(C(=O)c2cccnc2)CC1C. The van der Waals surface area contributed by atoms with E-state index in [2.05, 4.69) is 23.7 Å². The van der Waals surface area contributed by atoms with Gasteiger partial charge in [-0.1, -0.05) is 6.92 Å². The Morgan fingerprint density at radius 3 is 2.94 bits per heavy atom. The van der Waals surface area contributed by atoms with Crippen LogP contribution in [0.5, 0.6) is 0 Å². The summed E-state index contributed by atoms with van der Waals surface area (Å²) in [6.07, 6.45) is 3.33. The lowest BCUT2D eigenvalue weighted by molar-refractivity contribution is 0.0528. The van der Waals surface area contributed by atoms with Crippen molar-refractivity contribution in [3.63, 3.8) is 0 Å². The first-order chi connectivity index (χ1) is 8.22. The molecule has 1 unspecified atom stereocenters. The molecule has 1 amide bonds. The van der Waals surface area contributed by atoms with E-state index in [0.29, 0.717) is 11.6 Å². The van der Waals surface area contributed by atoms with Crippen LogP contribution in [0.3, 0.4) is 0 Å². The fourth-order valence-corrected chi connectivity index (χ4v) is 2.32. The van der Waals surface area contributed by atoms with Crippen molar-refractivity contribution in [2.75, 3.05) is 26.2 Å². The maximum atomic E-state index is 12.2. The number of likely N-dealkylation sites (N-methyl/N-ethyl adjacent to an activating group) is 1. The third kappa shape index (κ3) is 2.64. The lowest BCUT2D eigenvalue weighted by atomic mass is 10.1. The maximum absolute atomic E-state index is 12.2. The molecule has 1 aromatic rings. The summed E-state index contributed by atoms with van der Waals surface area (Å²) in [6, 6.07) is 4.07. The number of hydrogen-bond donors (Lipinski definition) is 0. The summed E-state index contributed by atoms with van der Waals surface area (Å²) in [6.45, 7) is 7.97. The minimum absolute atomic E-state index is 0.0979. The van der Waals surface area contributed by atoms with Crippen molar-refractivity contribution < 1.29 is 4.79 Å². The average molecular weight is 233 g/mol. The zero-order valence-electron chi connectivity index (χ0n) is 10.5. The Kier molecular flexibility index (Phi) is 3.74. The van der Waals surface area contributed by atoms with Gasteiger partial charge < -0.3 is 4.90 Å². The predicted molar refractivity (Wildman–Crippen MR) is 66.8 cm³/mol. The molecule has 4 heteroatoms. The molecule has 0 spiro atoms. The molecule has 1 aliphatic rings. The highest BCUT2D eigenvalue weighted by Gasteiger charge is 2.26. The summed E-state index contributed by atoms with van der Waals surface area (Å²) >= 11 is 0. The average Bonchev–Trinajstić information content (AvgIpc) is 2.39. The van der Waals surface area contributed by atoms with Crippen molar-refractivity contribution in [2.24, 2.45) is 0 Å². The topological polar surface area (TPSA) is 36.4 Å². The van der Waals surface area contributed by atoms with Gasteiger partial charge in [-0.05, 0) is 25.6 Å². The molecule has 1 atom stereocenters. The lowest BCUT2D eigenvalue weighted by Crippen LogP contribution is -2.53. The van der Waals surface area contributed by atoms with Gasteiger partial charge in [-0.3, -0.25) is 14.7 Å². The van der Waals surface area contributed by atoms with Crippen molar-refractivity contribution >= 4 is 5.91 Å². The molecule has 2 rings (SSSR count). The van der Waals surface area contributed by atoms with E-state index in [-0.39, 0.29) is 5.91 Å². The number of carbonyl (C=O) groups is 1. The van der Waals surface area contributed by atoms with Crippen LogP contribution < -0.4 is 0 Å². The van der Waals surface area contributed by atoms with Crippen molar-refractivity contribution in [3.05, 3.63) is 30.1 Å². The Bertz CT molecular complexity index is 380. The molecule has 0 radical (unpaired) electrons. The molecule has 1 fully saturated rings. The fraction of sp³-hybridized carbons (Fsp3) is 0.538. The van der Waals surface area contributed by atoms with E-state index in [1.807, 2.05) is 11.0 Å². The van der Waals surface area contributed by atoms with Crippen molar-refractivity contribution in [3.8, 4) is 0 Å². The van der Waals surface area contributed by atoms with E-state index < -0.39 is 0 Å². The van der Waals surface area contributed by atoms with Crippen LogP contribution in [0.15, 0.2) is 24.5 Å². The number of carbonyl (C=O) groups excluding carboxylic acids is 1. The summed E-state index contributed by atoms with van der Waals surface area (Å²) in [5.74, 6) is 0.0979. The van der Waals surface area contributed by atoms with Gasteiger partial charge >= 0.3 is 0 Å². The quantitative estimate of drug-likeness (QED) is 0.771. The van der Waals surface area contributed by atoms with Gasteiger partial charge in [0.2, 0.25) is 0 Å². The molecular formula is C13H19N3O. The van der Waals surface area contributed by atoms with Gasteiger partial charge in [0.1, 0.15) is 0 Å². The van der Waals surface area contributed by atoms with Crippen LogP contribution >= 0.6 is 0 Å². The standard InChI is InChI=1S/C13H19N3O/c1-3-15-7-8-16(10-11(15)2)13(17)12-5-4-6-14-9-12/h4-6,9,11H,3,7-8,10H2,1-2H3. The van der Waals surface area contributed by atoms with Crippen LogP contribution in [0.2, 0.25) is 0 Å². The lowest BCUT2D eigenvalue weighted by Gasteiger charge is -2.39. The third-order valence-electron chi connectivity index (χ3n) is 3.37. The summed E-state index contributed by atoms with van der Waals surface area (Å²) in [5, 5.41) is 0. The van der Waals surface area contributed by atoms with E-state index in [1.165, 1.54) is 0 Å². The second-order valence-electron chi connectivity index (χ2n) is 4.47. The Labute approximate surface area is 102 Å². The van der Waals surface area contributed by atoms with E-state index in [1.54, 1.807) is 18.5 Å². The van der Waals surface area contributed by atoms with E-state index >= 15 is 0 Å². The zero-order valence-corrected chi connectivity index (χ0v) is 10.5. The van der Waals surface area contributed by atoms with Gasteiger partial charge in [-0.25, -0.2) is 0 Å². The number of piperazine rings is 1. The van der Waals surface area contributed by atoms with Crippen molar-refractivity contribution in [1.29, 1.82) is 0 Å². The van der Waals surface area contributed by atoms with Gasteiger partial charge in [-0.15, -0.1) is 0 Å². The Morgan fingerprint density at radius 1 is 1.53 bits per heavy atom. The second-order valence-corrected chi connectivity index (χ2v) is 4.47. The van der Waals surface area contributed by atoms with Gasteiger partial charge in [0.05, 0.1) is 5.56 Å². The molecule has 0 saturated carbocycles. The largest absolute Gasteiger partial charge is 0.336 e. The minimum atomic E-state index is 0.0979. The monoisotopic (exact) mass is 233 g/mol. The van der Waals surface area contributed by atoms with Crippen LogP contribution in [0.4, 0.5) is 0 Å². The molecule has 2 heterocycles. The highest BCUT2D eigenvalue weighted by molar-refractivity contribution is 5.93. The van der Waals surface area contributed by atoms with Gasteiger partial charge in [-0.2, -0.15) is 0 Å². The van der Waals surface area contributed by atoms with Crippen molar-refractivity contribution in [1.82, 2.24) is 14.8 Å². The summed E-state index contributed by atoms with van der Waals surface area (Å²) in [5.41, 5.74) is 0.685. The third-order valence-corrected chi connectivity index (χ3v) is 3.37. The summed E-state index contributed by atoms with van der Waals surface area (Å²) < 4.78 is 0. The van der Waals surface area contributed by atoms with Crippen LogP contribution in [0.25, 0.3) is 0 Å². The molecule has 0 aliphatic carbocycles. The highest BCUT2D eigenvalue weighted by Crippen LogP contribution is 2.12. The smallest absolute Gasteiger partial charge is 0.255 e. The zero-order chi connectivity index (χ0) is 12.3. The van der Waals surface area contributed by atoms with Gasteiger partial charge in [0.15, 0.2) is 0 Å². The van der Waals surface area contributed by atoms with E-state index in [4.69, 9.17) is 0 Å². The number of rotatable bonds is 2. The molecule has 4 nitrogen and oxygen atoms in total. The molecule has 1 aromatic heterocycles. The summed E-state index contributed by atoms with van der Waals surface area (Å²) in [4.78, 5) is 20.5. The van der Waals surface area contributed by atoms with Gasteiger partial charge in [0, 0.05) is 38.1 Å². The van der Waals surface area contributed by atoms with E-state index in [0.717, 1.165) is 26.2 Å². The normalized spacial score (nSPS) is 21.5. The number of aromatic nitrogens is 1. The van der Waals surface area contributed by atoms with Crippen LogP contribution in [0, 0.1) is 0 Å². The highest BCUT2D eigenvalue weighted by atomic mass is 16.2. The Balaban J connectivity index is 2.03. The number of hydrogen-bond acceptors (Lipinski definition) is 3. The first-order valence-electron chi connectivity index (χ1n) is 6.15. The predicted octanol–water partition coefficient (Wildman–Crippen LogP) is 1.25. The number of amides is 1. The first kappa shape index (κ1) is 12.0. The molecular weight excluding hydrogens is 214 g/mol. The number of pyridine rings is 1. The molecule has 0 bridgehead atoms. The molecule has 1 saturated heterocycles. The Hall–Kier alpha value is -1.42. The Morgan fingerprint density at radius 2 is 2.35 bits per heavy atom. The fourth-order valence-electron chi connectivity index (χ4n) is 2.32. The molecule has 92 valence electrons. The minimum Gasteiger partial charge on any atom is -0.336 e. The first-order valence-corrected chi connectivity index (χ1v) is 6.15. The molecule has 0 N–H and O–H groups in total. The van der Waals surface area contributed by atoms with Crippen LogP contribution in [0.1, 0.15) is 24.2 Å². The number of nitrogens with zero attached hydrogens (tertiary/aromatic N) is 3. The van der Waals surface area contributed by atoms with Crippen LogP contribution in [-0.2, 0) is 0 Å². The maximum Gasteiger partial charge on any atom is 0.255 e. The molecule has 0 aromatic carbocycles. The molecule has 17 heavy (non-hydrogen) atoms. The van der Waals surface area contributed by atoms with Gasteiger partial charge in [0.25, 0.3) is 5.91 Å². The summed E-state index contributed by atoms with van der Waals surface area (Å²) in [7, 11) is 0. The van der Waals surface area contributed by atoms with E-state index in [9.17, 15) is 4.79 Å². The van der Waals surface area contributed by atoms with Crippen LogP contribution in [-0.4, -0.2) is 52.9 Å².